The summed E-state index contributed by atoms with van der Waals surface area (Å²) in [5.74, 6) is -0.374. The molecule has 1 saturated carbocycles. The molecule has 0 unspecified atom stereocenters. The molecule has 3 aromatic rings. The summed E-state index contributed by atoms with van der Waals surface area (Å²) in [7, 11) is -2.44. The average Bonchev–Trinajstić information content (AvgIpc) is 3.54. The Morgan fingerprint density at radius 1 is 1.16 bits per heavy atom. The number of carbonyl (C=O) groups excluding carboxylic acids is 1. The van der Waals surface area contributed by atoms with Gasteiger partial charge >= 0.3 is 11.6 Å². The first-order chi connectivity index (χ1) is 15.2. The van der Waals surface area contributed by atoms with Crippen molar-refractivity contribution >= 4 is 50.2 Å². The summed E-state index contributed by atoms with van der Waals surface area (Å²) in [5, 5.41) is 0.380. The van der Waals surface area contributed by atoms with Crippen LogP contribution in [-0.2, 0) is 21.4 Å². The fourth-order valence-electron chi connectivity index (χ4n) is 3.05. The van der Waals surface area contributed by atoms with Gasteiger partial charge in [0.15, 0.2) is 0 Å². The molecule has 1 aliphatic rings. The van der Waals surface area contributed by atoms with Gasteiger partial charge in [-0.2, -0.15) is 0 Å². The van der Waals surface area contributed by atoms with Crippen LogP contribution in [0, 0.1) is 0 Å². The van der Waals surface area contributed by atoms with Crippen molar-refractivity contribution in [2.75, 3.05) is 7.11 Å². The van der Waals surface area contributed by atoms with Gasteiger partial charge in [-0.25, -0.2) is 22.7 Å². The van der Waals surface area contributed by atoms with Gasteiger partial charge < -0.3 is 13.9 Å². The van der Waals surface area contributed by atoms with E-state index in [1.165, 1.54) is 19.2 Å². The Kier molecular flexibility index (Phi) is 6.17. The van der Waals surface area contributed by atoms with Crippen molar-refractivity contribution in [3.8, 4) is 5.75 Å². The Labute approximate surface area is 193 Å². The molecule has 4 rings (SSSR count). The van der Waals surface area contributed by atoms with E-state index >= 15 is 0 Å². The van der Waals surface area contributed by atoms with E-state index in [1.807, 2.05) is 0 Å². The molecule has 0 saturated heterocycles. The van der Waals surface area contributed by atoms with Crippen LogP contribution in [-0.4, -0.2) is 27.5 Å². The summed E-state index contributed by atoms with van der Waals surface area (Å²) in [4.78, 5) is 24.3. The molecule has 0 aliphatic heterocycles. The fraction of sp³-hybridized carbons (Fsp3) is 0.238. The molecule has 0 spiro atoms. The van der Waals surface area contributed by atoms with Crippen molar-refractivity contribution < 1.29 is 27.1 Å². The van der Waals surface area contributed by atoms with E-state index < -0.39 is 21.6 Å². The highest BCUT2D eigenvalue weighted by Gasteiger charge is 2.30. The Morgan fingerprint density at radius 2 is 1.91 bits per heavy atom. The van der Waals surface area contributed by atoms with Crippen LogP contribution in [0.15, 0.2) is 50.5 Å². The van der Waals surface area contributed by atoms with Crippen molar-refractivity contribution in [1.82, 2.24) is 4.72 Å². The molecule has 2 aromatic carbocycles. The Morgan fingerprint density at radius 3 is 2.59 bits per heavy atom. The van der Waals surface area contributed by atoms with Gasteiger partial charge in [0.25, 0.3) is 0 Å². The third kappa shape index (κ3) is 4.75. The number of rotatable bonds is 7. The highest BCUT2D eigenvalue weighted by molar-refractivity contribution is 7.89. The molecule has 1 aromatic heterocycles. The number of ether oxygens (including phenoxy) is 2. The zero-order valence-corrected chi connectivity index (χ0v) is 19.0. The quantitative estimate of drug-likeness (QED) is 0.388. The maximum Gasteiger partial charge on any atom is 0.340 e. The number of carbonyl (C=O) groups is 1. The van der Waals surface area contributed by atoms with Crippen LogP contribution in [0.4, 0.5) is 0 Å². The molecule has 1 aliphatic carbocycles. The first-order valence-corrected chi connectivity index (χ1v) is 11.7. The normalized spacial score (nSPS) is 13.8. The van der Waals surface area contributed by atoms with E-state index in [1.54, 1.807) is 18.2 Å². The lowest BCUT2D eigenvalue weighted by Gasteiger charge is -2.12. The number of hydrogen-bond acceptors (Lipinski definition) is 7. The third-order valence-corrected chi connectivity index (χ3v) is 7.12. The molecule has 0 amide bonds. The molecule has 11 heteroatoms. The summed E-state index contributed by atoms with van der Waals surface area (Å²) >= 11 is 12.2. The van der Waals surface area contributed by atoms with E-state index in [0.29, 0.717) is 16.7 Å². The summed E-state index contributed by atoms with van der Waals surface area (Å²) in [6.07, 6.45) is 1.48. The Hall–Kier alpha value is -2.59. The van der Waals surface area contributed by atoms with Crippen molar-refractivity contribution in [3.05, 3.63) is 68.0 Å². The van der Waals surface area contributed by atoms with E-state index in [9.17, 15) is 18.0 Å². The monoisotopic (exact) mass is 497 g/mol. The van der Waals surface area contributed by atoms with Crippen LogP contribution in [0.3, 0.4) is 0 Å². The molecule has 8 nitrogen and oxygen atoms in total. The van der Waals surface area contributed by atoms with Gasteiger partial charge in [0.2, 0.25) is 10.0 Å². The van der Waals surface area contributed by atoms with Gasteiger partial charge in [-0.1, -0.05) is 23.2 Å². The average molecular weight is 498 g/mol. The van der Waals surface area contributed by atoms with Gasteiger partial charge in [-0.15, -0.1) is 0 Å². The van der Waals surface area contributed by atoms with E-state index in [2.05, 4.69) is 4.72 Å². The van der Waals surface area contributed by atoms with Crippen LogP contribution in [0.1, 0.15) is 28.8 Å². The van der Waals surface area contributed by atoms with Crippen molar-refractivity contribution in [3.63, 3.8) is 0 Å². The van der Waals surface area contributed by atoms with Crippen LogP contribution in [0.25, 0.3) is 11.0 Å². The molecule has 0 atom stereocenters. The van der Waals surface area contributed by atoms with E-state index in [-0.39, 0.29) is 38.7 Å². The van der Waals surface area contributed by atoms with Crippen LogP contribution < -0.4 is 15.1 Å². The lowest BCUT2D eigenvalue weighted by molar-refractivity contribution is 0.0473. The molecule has 1 N–H and O–H groups in total. The number of nitrogens with one attached hydrogen (secondary N) is 1. The van der Waals surface area contributed by atoms with Gasteiger partial charge in [0, 0.05) is 29.1 Å². The molecule has 1 heterocycles. The molecule has 0 bridgehead atoms. The summed E-state index contributed by atoms with van der Waals surface area (Å²) < 4.78 is 43.2. The zero-order chi connectivity index (χ0) is 23.0. The highest BCUT2D eigenvalue weighted by Crippen LogP contribution is 2.31. The summed E-state index contributed by atoms with van der Waals surface area (Å²) in [5.41, 5.74) is -0.116. The minimum atomic E-state index is -3.92. The number of benzene rings is 2. The van der Waals surface area contributed by atoms with Gasteiger partial charge in [0.05, 0.1) is 22.7 Å². The number of sulfonamides is 1. The maximum atomic E-state index is 12.7. The maximum absolute atomic E-state index is 12.7. The second-order valence-electron chi connectivity index (χ2n) is 7.19. The largest absolute Gasteiger partial charge is 0.497 e. The van der Waals surface area contributed by atoms with Gasteiger partial charge in [0.1, 0.15) is 22.8 Å². The standard InChI is InChI=1S/C21H17Cl2NO7S/c1-29-13-4-5-14-11(6-20(25)31-18(14)7-13)10-30-21(26)15-8-19(17(23)9-16(15)22)32(27,28)24-12-2-3-12/h4-9,12,24H,2-3,10H2,1H3. The fourth-order valence-corrected chi connectivity index (χ4v) is 5.21. The summed E-state index contributed by atoms with van der Waals surface area (Å²) in [6, 6.07) is 8.22. The van der Waals surface area contributed by atoms with Crippen molar-refractivity contribution in [2.24, 2.45) is 0 Å². The number of methoxy groups -OCH3 is 1. The van der Waals surface area contributed by atoms with Gasteiger partial charge in [-0.05, 0) is 37.1 Å². The Bertz CT molecular complexity index is 1380. The minimum absolute atomic E-state index is 0.0625. The lowest BCUT2D eigenvalue weighted by atomic mass is 10.1. The predicted octanol–water partition coefficient (Wildman–Crippen LogP) is 3.91. The zero-order valence-electron chi connectivity index (χ0n) is 16.7. The number of esters is 1. The molecule has 1 fully saturated rings. The lowest BCUT2D eigenvalue weighted by Crippen LogP contribution is -2.26. The van der Waals surface area contributed by atoms with E-state index in [0.717, 1.165) is 18.9 Å². The Balaban J connectivity index is 1.61. The highest BCUT2D eigenvalue weighted by atomic mass is 35.5. The molecule has 168 valence electrons. The number of hydrogen-bond donors (Lipinski definition) is 1. The first kappa shape index (κ1) is 22.6. The predicted molar refractivity (Wildman–Crippen MR) is 118 cm³/mol. The van der Waals surface area contributed by atoms with Crippen molar-refractivity contribution in [1.29, 1.82) is 0 Å². The smallest absolute Gasteiger partial charge is 0.340 e. The molecule has 32 heavy (non-hydrogen) atoms. The van der Waals surface area contributed by atoms with Crippen LogP contribution in [0.5, 0.6) is 5.75 Å². The third-order valence-electron chi connectivity index (χ3n) is 4.83. The molecule has 0 radical (unpaired) electrons. The first-order valence-electron chi connectivity index (χ1n) is 9.47. The summed E-state index contributed by atoms with van der Waals surface area (Å²) in [6.45, 7) is -0.269. The van der Waals surface area contributed by atoms with Gasteiger partial charge in [-0.3, -0.25) is 0 Å². The SMILES string of the molecule is COc1ccc2c(COC(=O)c3cc(S(=O)(=O)NC4CC4)c(Cl)cc3Cl)cc(=O)oc2c1. The van der Waals surface area contributed by atoms with E-state index in [4.69, 9.17) is 37.1 Å². The van der Waals surface area contributed by atoms with Crippen LogP contribution >= 0.6 is 23.2 Å². The molecular formula is C21H17Cl2NO7S. The van der Waals surface area contributed by atoms with Crippen molar-refractivity contribution in [2.45, 2.75) is 30.4 Å². The number of halogens is 2. The topological polar surface area (TPSA) is 112 Å². The molecular weight excluding hydrogens is 481 g/mol. The second kappa shape index (κ2) is 8.74. The second-order valence-corrected chi connectivity index (χ2v) is 9.68. The van der Waals surface area contributed by atoms with Crippen LogP contribution in [0.2, 0.25) is 10.0 Å². The number of fused-ring (bicyclic) bond motifs is 1. The minimum Gasteiger partial charge on any atom is -0.497 e.